The van der Waals surface area contributed by atoms with Crippen LogP contribution in [0.4, 0.5) is 5.69 Å². The van der Waals surface area contributed by atoms with Gasteiger partial charge in [-0.15, -0.1) is 0 Å². The predicted molar refractivity (Wildman–Crippen MR) is 78.6 cm³/mol. The molecule has 0 bridgehead atoms. The summed E-state index contributed by atoms with van der Waals surface area (Å²) >= 11 is 6.00. The second kappa shape index (κ2) is 5.76. The summed E-state index contributed by atoms with van der Waals surface area (Å²) in [4.78, 5) is 24.3. The van der Waals surface area contributed by atoms with Crippen molar-refractivity contribution >= 4 is 23.2 Å². The Bertz CT molecular complexity index is 731. The van der Waals surface area contributed by atoms with E-state index in [0.717, 1.165) is 0 Å². The number of hydrogen-bond acceptors (Lipinski definition) is 5. The predicted octanol–water partition coefficient (Wildman–Crippen LogP) is 1.30. The lowest BCUT2D eigenvalue weighted by molar-refractivity contribution is -0.385. The van der Waals surface area contributed by atoms with Crippen LogP contribution in [0.3, 0.4) is 0 Å². The maximum Gasteiger partial charge on any atom is 0.322 e. The van der Waals surface area contributed by atoms with Gasteiger partial charge in [0.15, 0.2) is 0 Å². The van der Waals surface area contributed by atoms with Crippen molar-refractivity contribution in [2.75, 3.05) is 7.05 Å². The molecule has 0 saturated carbocycles. The Morgan fingerprint density at radius 1 is 1.45 bits per heavy atom. The fraction of sp³-hybridized carbons (Fsp3) is 0.417. The fourth-order valence-electron chi connectivity index (χ4n) is 2.05. The van der Waals surface area contributed by atoms with Crippen molar-refractivity contribution in [2.24, 2.45) is 14.1 Å². The van der Waals surface area contributed by atoms with Crippen molar-refractivity contribution in [2.45, 2.75) is 13.5 Å². The molecule has 22 heavy (non-hydrogen) atoms. The number of aromatic nitrogens is 4. The van der Waals surface area contributed by atoms with E-state index >= 15 is 0 Å². The van der Waals surface area contributed by atoms with Gasteiger partial charge in [-0.3, -0.25) is 24.3 Å². The Labute approximate surface area is 131 Å². The molecule has 2 aromatic heterocycles. The first-order valence-electron chi connectivity index (χ1n) is 6.33. The average Bonchev–Trinajstić information content (AvgIpc) is 2.92. The largest absolute Gasteiger partial charge is 0.334 e. The smallest absolute Gasteiger partial charge is 0.322 e. The summed E-state index contributed by atoms with van der Waals surface area (Å²) < 4.78 is 2.86. The molecule has 2 aromatic rings. The minimum Gasteiger partial charge on any atom is -0.334 e. The van der Waals surface area contributed by atoms with Gasteiger partial charge in [0, 0.05) is 21.1 Å². The van der Waals surface area contributed by atoms with E-state index in [-0.39, 0.29) is 17.9 Å². The zero-order chi connectivity index (χ0) is 16.6. The molecule has 0 atom stereocenters. The van der Waals surface area contributed by atoms with Gasteiger partial charge in [-0.05, 0) is 6.92 Å². The highest BCUT2D eigenvalue weighted by Gasteiger charge is 2.31. The molecule has 1 amide bonds. The van der Waals surface area contributed by atoms with E-state index < -0.39 is 10.8 Å². The monoisotopic (exact) mass is 326 g/mol. The molecule has 0 fully saturated rings. The Kier molecular flexibility index (Phi) is 4.18. The third-order valence-corrected chi connectivity index (χ3v) is 3.75. The van der Waals surface area contributed by atoms with Gasteiger partial charge in [0.25, 0.3) is 5.91 Å². The number of amides is 1. The maximum absolute atomic E-state index is 12.5. The van der Waals surface area contributed by atoms with E-state index in [4.69, 9.17) is 11.6 Å². The molecule has 118 valence electrons. The normalized spacial score (nSPS) is 10.8. The van der Waals surface area contributed by atoms with Crippen LogP contribution in [0.5, 0.6) is 0 Å². The van der Waals surface area contributed by atoms with Crippen LogP contribution in [-0.4, -0.2) is 42.3 Å². The van der Waals surface area contributed by atoms with Crippen molar-refractivity contribution in [3.63, 3.8) is 0 Å². The Morgan fingerprint density at radius 2 is 2.09 bits per heavy atom. The lowest BCUT2D eigenvalue weighted by Crippen LogP contribution is -2.28. The summed E-state index contributed by atoms with van der Waals surface area (Å²) in [5, 5.41) is 19.5. The number of hydrogen-bond donors (Lipinski definition) is 0. The highest BCUT2D eigenvalue weighted by Crippen LogP contribution is 2.24. The van der Waals surface area contributed by atoms with Gasteiger partial charge < -0.3 is 4.90 Å². The van der Waals surface area contributed by atoms with E-state index in [0.29, 0.717) is 16.4 Å². The van der Waals surface area contributed by atoms with Crippen LogP contribution in [0, 0.1) is 17.0 Å². The molecule has 9 nitrogen and oxygen atoms in total. The zero-order valence-electron chi connectivity index (χ0n) is 12.6. The molecule has 0 aliphatic rings. The van der Waals surface area contributed by atoms with Gasteiger partial charge >= 0.3 is 5.69 Å². The van der Waals surface area contributed by atoms with Crippen molar-refractivity contribution < 1.29 is 9.72 Å². The second-order valence-corrected chi connectivity index (χ2v) is 5.29. The molecular formula is C12H15ClN6O3. The van der Waals surface area contributed by atoms with Crippen molar-refractivity contribution in [1.29, 1.82) is 0 Å². The van der Waals surface area contributed by atoms with E-state index in [1.165, 1.54) is 22.8 Å². The summed E-state index contributed by atoms with van der Waals surface area (Å²) in [7, 11) is 4.78. The zero-order valence-corrected chi connectivity index (χ0v) is 13.3. The third kappa shape index (κ3) is 2.67. The Balaban J connectivity index is 2.32. The molecule has 10 heteroatoms. The summed E-state index contributed by atoms with van der Waals surface area (Å²) in [6.07, 6.45) is 1.47. The van der Waals surface area contributed by atoms with Crippen LogP contribution in [0.25, 0.3) is 0 Å². The van der Waals surface area contributed by atoms with Gasteiger partial charge in [0.05, 0.1) is 28.4 Å². The number of rotatable bonds is 4. The Hall–Kier alpha value is -2.42. The molecule has 0 saturated heterocycles. The minimum absolute atomic E-state index is 0.168. The van der Waals surface area contributed by atoms with E-state index in [2.05, 4.69) is 10.2 Å². The first kappa shape index (κ1) is 16.0. The van der Waals surface area contributed by atoms with Crippen LogP contribution in [0.15, 0.2) is 6.20 Å². The molecule has 0 N–H and O–H groups in total. The van der Waals surface area contributed by atoms with Gasteiger partial charge in [0.1, 0.15) is 5.69 Å². The number of nitro groups is 1. The maximum atomic E-state index is 12.5. The number of nitrogens with zero attached hydrogens (tertiary/aromatic N) is 6. The van der Waals surface area contributed by atoms with Crippen LogP contribution < -0.4 is 0 Å². The van der Waals surface area contributed by atoms with Crippen LogP contribution >= 0.6 is 11.6 Å². The number of halogens is 1. The van der Waals surface area contributed by atoms with Crippen LogP contribution in [0.1, 0.15) is 21.9 Å². The molecule has 0 unspecified atom stereocenters. The number of carbonyl (C=O) groups is 1. The average molecular weight is 327 g/mol. The van der Waals surface area contributed by atoms with Crippen LogP contribution in [-0.2, 0) is 20.6 Å². The number of carbonyl (C=O) groups excluding carboxylic acids is 1. The standard InChI is InChI=1S/C12H15ClN6O3/c1-7-11(19(21)22)10(15-17(7)3)12(20)16(2)6-9-8(13)5-14-18(9)4/h5H,6H2,1-4H3. The topological polar surface area (TPSA) is 99.1 Å². The fourth-order valence-corrected chi connectivity index (χ4v) is 2.28. The van der Waals surface area contributed by atoms with Crippen molar-refractivity contribution in [3.8, 4) is 0 Å². The third-order valence-electron chi connectivity index (χ3n) is 3.43. The van der Waals surface area contributed by atoms with Crippen molar-refractivity contribution in [1.82, 2.24) is 24.5 Å². The van der Waals surface area contributed by atoms with E-state index in [1.54, 1.807) is 25.7 Å². The van der Waals surface area contributed by atoms with Gasteiger partial charge in [-0.1, -0.05) is 11.6 Å². The van der Waals surface area contributed by atoms with Gasteiger partial charge in [0.2, 0.25) is 5.69 Å². The molecular weight excluding hydrogens is 312 g/mol. The lowest BCUT2D eigenvalue weighted by atomic mass is 10.2. The lowest BCUT2D eigenvalue weighted by Gasteiger charge is -2.16. The second-order valence-electron chi connectivity index (χ2n) is 4.89. The molecule has 2 rings (SSSR count). The summed E-state index contributed by atoms with van der Waals surface area (Å²) in [5.74, 6) is -0.548. The quantitative estimate of drug-likeness (QED) is 0.622. The van der Waals surface area contributed by atoms with Crippen LogP contribution in [0.2, 0.25) is 5.02 Å². The summed E-state index contributed by atoms with van der Waals surface area (Å²) in [6.45, 7) is 1.71. The number of aryl methyl sites for hydroxylation is 2. The first-order chi connectivity index (χ1) is 10.2. The summed E-state index contributed by atoms with van der Waals surface area (Å²) in [5.41, 5.74) is 0.481. The molecule has 2 heterocycles. The summed E-state index contributed by atoms with van der Waals surface area (Å²) in [6, 6.07) is 0. The molecule has 0 aliphatic carbocycles. The molecule has 0 aliphatic heterocycles. The highest BCUT2D eigenvalue weighted by atomic mass is 35.5. The van der Waals surface area contributed by atoms with Gasteiger partial charge in [-0.25, -0.2) is 0 Å². The molecule has 0 radical (unpaired) electrons. The van der Waals surface area contributed by atoms with E-state index in [1.807, 2.05) is 0 Å². The molecule has 0 spiro atoms. The van der Waals surface area contributed by atoms with Crippen molar-refractivity contribution in [3.05, 3.63) is 38.4 Å². The van der Waals surface area contributed by atoms with Gasteiger partial charge in [-0.2, -0.15) is 10.2 Å². The van der Waals surface area contributed by atoms with E-state index in [9.17, 15) is 14.9 Å². The first-order valence-corrected chi connectivity index (χ1v) is 6.71. The minimum atomic E-state index is -0.597. The molecule has 0 aromatic carbocycles. The highest BCUT2D eigenvalue weighted by molar-refractivity contribution is 6.31. The Morgan fingerprint density at radius 3 is 2.59 bits per heavy atom. The SMILES string of the molecule is Cc1c([N+](=O)[O-])c(C(=O)N(C)Cc2c(Cl)cnn2C)nn1C.